The van der Waals surface area contributed by atoms with Crippen LogP contribution in [0.2, 0.25) is 0 Å². The zero-order chi connectivity index (χ0) is 15.8. The molecule has 1 saturated heterocycles. The predicted molar refractivity (Wildman–Crippen MR) is 85.6 cm³/mol. The van der Waals surface area contributed by atoms with E-state index in [4.69, 9.17) is 4.74 Å². The first-order valence-electron chi connectivity index (χ1n) is 8.13. The molecule has 1 heterocycles. The Morgan fingerprint density at radius 1 is 1.27 bits per heavy atom. The van der Waals surface area contributed by atoms with Gasteiger partial charge in [0.2, 0.25) is 0 Å². The second-order valence-corrected chi connectivity index (χ2v) is 5.83. The molecule has 1 aliphatic rings. The Morgan fingerprint density at radius 3 is 2.77 bits per heavy atom. The monoisotopic (exact) mass is 303 g/mol. The van der Waals surface area contributed by atoms with Crippen LogP contribution in [0.15, 0.2) is 30.3 Å². The Bertz CT molecular complexity index is 486. The fourth-order valence-corrected chi connectivity index (χ4v) is 2.97. The molecular weight excluding hydrogens is 278 g/mol. The van der Waals surface area contributed by atoms with Crippen molar-refractivity contribution in [2.45, 2.75) is 32.6 Å². The number of likely N-dealkylation sites (tertiary alicyclic amines) is 1. The van der Waals surface area contributed by atoms with Crippen LogP contribution in [0.4, 0.5) is 0 Å². The van der Waals surface area contributed by atoms with Gasteiger partial charge in [-0.25, -0.2) is 0 Å². The van der Waals surface area contributed by atoms with Crippen molar-refractivity contribution in [2.24, 2.45) is 5.92 Å². The zero-order valence-corrected chi connectivity index (χ0v) is 13.3. The van der Waals surface area contributed by atoms with Gasteiger partial charge in [-0.2, -0.15) is 0 Å². The van der Waals surface area contributed by atoms with Gasteiger partial charge in [0.05, 0.1) is 13.2 Å². The summed E-state index contributed by atoms with van der Waals surface area (Å²) < 4.78 is 4.98. The van der Waals surface area contributed by atoms with Gasteiger partial charge < -0.3 is 4.74 Å². The SMILES string of the molecule is CCOC(=O)CN1CCCC(C(=O)CCc2ccccc2)C1. The van der Waals surface area contributed by atoms with E-state index in [0.29, 0.717) is 31.9 Å². The highest BCUT2D eigenvalue weighted by Crippen LogP contribution is 2.19. The van der Waals surface area contributed by atoms with E-state index >= 15 is 0 Å². The third kappa shape index (κ3) is 5.26. The highest BCUT2D eigenvalue weighted by Gasteiger charge is 2.26. The number of nitrogens with zero attached hydrogens (tertiary/aromatic N) is 1. The largest absolute Gasteiger partial charge is 0.465 e. The van der Waals surface area contributed by atoms with Gasteiger partial charge in [0, 0.05) is 18.9 Å². The Hall–Kier alpha value is -1.68. The number of carbonyl (C=O) groups excluding carboxylic acids is 2. The first-order valence-corrected chi connectivity index (χ1v) is 8.13. The number of aryl methyl sites for hydroxylation is 1. The minimum absolute atomic E-state index is 0.0619. The van der Waals surface area contributed by atoms with Crippen molar-refractivity contribution in [1.82, 2.24) is 4.90 Å². The van der Waals surface area contributed by atoms with E-state index in [-0.39, 0.29) is 11.9 Å². The van der Waals surface area contributed by atoms with Gasteiger partial charge in [0.25, 0.3) is 0 Å². The van der Waals surface area contributed by atoms with Crippen LogP contribution in [0, 0.1) is 5.92 Å². The lowest BCUT2D eigenvalue weighted by atomic mass is 9.90. The maximum atomic E-state index is 12.4. The lowest BCUT2D eigenvalue weighted by Crippen LogP contribution is -2.41. The lowest BCUT2D eigenvalue weighted by Gasteiger charge is -2.31. The number of ether oxygens (including phenoxy) is 1. The van der Waals surface area contributed by atoms with Crippen molar-refractivity contribution in [1.29, 1.82) is 0 Å². The molecule has 120 valence electrons. The van der Waals surface area contributed by atoms with Gasteiger partial charge in [0.15, 0.2) is 0 Å². The summed E-state index contributed by atoms with van der Waals surface area (Å²) in [6.45, 7) is 4.08. The summed E-state index contributed by atoms with van der Waals surface area (Å²) in [6.07, 6.45) is 3.30. The smallest absolute Gasteiger partial charge is 0.320 e. The fourth-order valence-electron chi connectivity index (χ4n) is 2.97. The predicted octanol–water partition coefficient (Wildman–Crippen LogP) is 2.46. The van der Waals surface area contributed by atoms with Gasteiger partial charge in [-0.15, -0.1) is 0 Å². The van der Waals surface area contributed by atoms with Crippen molar-refractivity contribution in [3.63, 3.8) is 0 Å². The summed E-state index contributed by atoms with van der Waals surface area (Å²) in [5.74, 6) is 0.184. The van der Waals surface area contributed by atoms with Crippen LogP contribution in [0.1, 0.15) is 31.7 Å². The molecule has 1 aromatic carbocycles. The van der Waals surface area contributed by atoms with Crippen molar-refractivity contribution in [2.75, 3.05) is 26.2 Å². The molecule has 0 aromatic heterocycles. The van der Waals surface area contributed by atoms with Gasteiger partial charge in [-0.3, -0.25) is 14.5 Å². The van der Waals surface area contributed by atoms with Crippen LogP contribution < -0.4 is 0 Å². The first kappa shape index (κ1) is 16.7. The third-order valence-corrected chi connectivity index (χ3v) is 4.12. The van der Waals surface area contributed by atoms with E-state index in [0.717, 1.165) is 25.8 Å². The molecule has 1 unspecified atom stereocenters. The maximum Gasteiger partial charge on any atom is 0.320 e. The van der Waals surface area contributed by atoms with E-state index in [1.807, 2.05) is 30.0 Å². The van der Waals surface area contributed by atoms with E-state index < -0.39 is 0 Å². The highest BCUT2D eigenvalue weighted by atomic mass is 16.5. The molecule has 1 atom stereocenters. The molecule has 1 aliphatic heterocycles. The molecule has 2 rings (SSSR count). The van der Waals surface area contributed by atoms with Crippen molar-refractivity contribution < 1.29 is 14.3 Å². The van der Waals surface area contributed by atoms with Crippen LogP contribution >= 0.6 is 0 Å². The second kappa shape index (κ2) is 8.69. The Balaban J connectivity index is 1.78. The van der Waals surface area contributed by atoms with E-state index in [1.54, 1.807) is 0 Å². The Labute approximate surface area is 132 Å². The number of hydrogen-bond donors (Lipinski definition) is 0. The van der Waals surface area contributed by atoms with Crippen LogP contribution in [0.3, 0.4) is 0 Å². The number of rotatable bonds is 7. The number of Topliss-reactive ketones (excluding diaryl/α,β-unsaturated/α-hetero) is 1. The number of esters is 1. The summed E-state index contributed by atoms with van der Waals surface area (Å²) in [6, 6.07) is 10.1. The van der Waals surface area contributed by atoms with Crippen LogP contribution in [-0.4, -0.2) is 42.9 Å². The summed E-state index contributed by atoms with van der Waals surface area (Å²) in [5, 5.41) is 0. The van der Waals surface area contributed by atoms with Crippen molar-refractivity contribution in [3.8, 4) is 0 Å². The fraction of sp³-hybridized carbons (Fsp3) is 0.556. The molecule has 1 aromatic rings. The normalized spacial score (nSPS) is 18.9. The molecule has 1 fully saturated rings. The van der Waals surface area contributed by atoms with Gasteiger partial charge in [-0.05, 0) is 38.3 Å². The lowest BCUT2D eigenvalue weighted by molar-refractivity contribution is -0.145. The van der Waals surface area contributed by atoms with Crippen molar-refractivity contribution >= 4 is 11.8 Å². The minimum atomic E-state index is -0.195. The first-order chi connectivity index (χ1) is 10.7. The minimum Gasteiger partial charge on any atom is -0.465 e. The van der Waals surface area contributed by atoms with E-state index in [2.05, 4.69) is 12.1 Å². The number of hydrogen-bond acceptors (Lipinski definition) is 4. The van der Waals surface area contributed by atoms with E-state index in [1.165, 1.54) is 5.56 Å². The standard InChI is InChI=1S/C18H25NO3/c1-2-22-18(21)14-19-12-6-9-16(13-19)17(20)11-10-15-7-4-3-5-8-15/h3-5,7-8,16H,2,6,9-14H2,1H3. The maximum absolute atomic E-state index is 12.4. The quantitative estimate of drug-likeness (QED) is 0.726. The van der Waals surface area contributed by atoms with Crippen LogP contribution in [-0.2, 0) is 20.7 Å². The highest BCUT2D eigenvalue weighted by molar-refractivity contribution is 5.81. The number of carbonyl (C=O) groups is 2. The number of piperidine rings is 1. The summed E-state index contributed by atoms with van der Waals surface area (Å²) in [5.41, 5.74) is 1.20. The second-order valence-electron chi connectivity index (χ2n) is 5.83. The van der Waals surface area contributed by atoms with Crippen LogP contribution in [0.25, 0.3) is 0 Å². The molecule has 4 nitrogen and oxygen atoms in total. The Kier molecular flexibility index (Phi) is 6.59. The van der Waals surface area contributed by atoms with Crippen LogP contribution in [0.5, 0.6) is 0 Å². The summed E-state index contributed by atoms with van der Waals surface area (Å²) >= 11 is 0. The van der Waals surface area contributed by atoms with Gasteiger partial charge in [-0.1, -0.05) is 30.3 Å². The zero-order valence-electron chi connectivity index (χ0n) is 13.3. The average Bonchev–Trinajstić information content (AvgIpc) is 2.54. The summed E-state index contributed by atoms with van der Waals surface area (Å²) in [7, 11) is 0. The molecule has 0 bridgehead atoms. The molecule has 4 heteroatoms. The van der Waals surface area contributed by atoms with Gasteiger partial charge in [0.1, 0.15) is 5.78 Å². The molecule has 0 amide bonds. The van der Waals surface area contributed by atoms with Gasteiger partial charge >= 0.3 is 5.97 Å². The van der Waals surface area contributed by atoms with E-state index in [9.17, 15) is 9.59 Å². The third-order valence-electron chi connectivity index (χ3n) is 4.12. The van der Waals surface area contributed by atoms with Crippen molar-refractivity contribution in [3.05, 3.63) is 35.9 Å². The Morgan fingerprint density at radius 2 is 2.05 bits per heavy atom. The molecule has 0 saturated carbocycles. The molecular formula is C18H25NO3. The molecule has 0 N–H and O–H groups in total. The molecule has 0 spiro atoms. The molecule has 22 heavy (non-hydrogen) atoms. The average molecular weight is 303 g/mol. The topological polar surface area (TPSA) is 46.6 Å². The molecule has 0 radical (unpaired) electrons. The summed E-state index contributed by atoms with van der Waals surface area (Å²) in [4.78, 5) is 26.0. The molecule has 0 aliphatic carbocycles. The number of benzene rings is 1. The number of ketones is 1.